The summed E-state index contributed by atoms with van der Waals surface area (Å²) in [5, 5.41) is 0. The number of benzene rings is 1. The van der Waals surface area contributed by atoms with Gasteiger partial charge in [-0.05, 0) is 37.8 Å². The highest BCUT2D eigenvalue weighted by atomic mass is 16.5. The van der Waals surface area contributed by atoms with Crippen molar-refractivity contribution in [1.29, 1.82) is 0 Å². The molecule has 1 saturated heterocycles. The van der Waals surface area contributed by atoms with Crippen LogP contribution < -0.4 is 10.5 Å². The fourth-order valence-corrected chi connectivity index (χ4v) is 3.59. The smallest absolute Gasteiger partial charge is 0.126 e. The maximum absolute atomic E-state index is 6.46. The Balaban J connectivity index is 1.83. The molecule has 1 unspecified atom stereocenters. The Kier molecular flexibility index (Phi) is 3.27. The summed E-state index contributed by atoms with van der Waals surface area (Å²) in [4.78, 5) is 2.44. The van der Waals surface area contributed by atoms with Crippen molar-refractivity contribution in [2.75, 3.05) is 26.2 Å². The van der Waals surface area contributed by atoms with Crippen LogP contribution in [0.1, 0.15) is 29.5 Å². The Morgan fingerprint density at radius 3 is 2.95 bits per heavy atom. The van der Waals surface area contributed by atoms with Crippen molar-refractivity contribution in [3.63, 3.8) is 0 Å². The first-order chi connectivity index (χ1) is 9.12. The number of hydrogen-bond acceptors (Lipinski definition) is 3. The van der Waals surface area contributed by atoms with Gasteiger partial charge in [-0.1, -0.05) is 17.7 Å². The Hall–Kier alpha value is -1.06. The van der Waals surface area contributed by atoms with E-state index in [2.05, 4.69) is 30.9 Å². The molecular formula is C16H24N2O. The van der Waals surface area contributed by atoms with Crippen molar-refractivity contribution in [2.45, 2.75) is 38.7 Å². The molecule has 2 aliphatic rings. The minimum Gasteiger partial charge on any atom is -0.485 e. The van der Waals surface area contributed by atoms with Crippen LogP contribution in [0.2, 0.25) is 0 Å². The molecule has 3 rings (SSSR count). The molecule has 1 aromatic rings. The van der Waals surface area contributed by atoms with Gasteiger partial charge in [0.05, 0.1) is 0 Å². The van der Waals surface area contributed by atoms with Crippen LogP contribution in [-0.4, -0.2) is 36.7 Å². The lowest BCUT2D eigenvalue weighted by molar-refractivity contribution is 0.0540. The molecule has 0 amide bonds. The molecule has 2 N–H and O–H groups in total. The van der Waals surface area contributed by atoms with Crippen molar-refractivity contribution in [2.24, 2.45) is 5.73 Å². The number of fused-ring (bicyclic) bond motifs is 1. The van der Waals surface area contributed by atoms with Crippen LogP contribution in [-0.2, 0) is 6.42 Å². The number of ether oxygens (including phenoxy) is 1. The van der Waals surface area contributed by atoms with E-state index in [1.54, 1.807) is 0 Å². The summed E-state index contributed by atoms with van der Waals surface area (Å²) in [6.07, 6.45) is 3.43. The van der Waals surface area contributed by atoms with Gasteiger partial charge in [0.2, 0.25) is 0 Å². The van der Waals surface area contributed by atoms with Crippen LogP contribution >= 0.6 is 0 Å². The van der Waals surface area contributed by atoms with Crippen LogP contribution in [0.3, 0.4) is 0 Å². The molecule has 104 valence electrons. The second-order valence-electron chi connectivity index (χ2n) is 6.17. The number of nitrogens with two attached hydrogens (primary N) is 1. The fourth-order valence-electron chi connectivity index (χ4n) is 3.59. The first-order valence-electron chi connectivity index (χ1n) is 7.33. The monoisotopic (exact) mass is 260 g/mol. The molecule has 0 aliphatic carbocycles. The average Bonchev–Trinajstić information content (AvgIpc) is 2.74. The number of rotatable bonds is 2. The number of likely N-dealkylation sites (tertiary alicyclic amines) is 1. The second kappa shape index (κ2) is 4.80. The summed E-state index contributed by atoms with van der Waals surface area (Å²) in [5.74, 6) is 1.14. The van der Waals surface area contributed by atoms with E-state index < -0.39 is 0 Å². The zero-order chi connectivity index (χ0) is 13.5. The van der Waals surface area contributed by atoms with Crippen molar-refractivity contribution in [3.8, 4) is 5.75 Å². The molecule has 19 heavy (non-hydrogen) atoms. The van der Waals surface area contributed by atoms with E-state index in [4.69, 9.17) is 10.5 Å². The molecule has 0 aromatic heterocycles. The fraction of sp³-hybridized carbons (Fsp3) is 0.625. The minimum atomic E-state index is 0.0438. The van der Waals surface area contributed by atoms with E-state index in [1.165, 1.54) is 16.7 Å². The Morgan fingerprint density at radius 2 is 2.16 bits per heavy atom. The molecule has 0 bridgehead atoms. The molecule has 3 nitrogen and oxygen atoms in total. The van der Waals surface area contributed by atoms with Gasteiger partial charge in [0.15, 0.2) is 0 Å². The summed E-state index contributed by atoms with van der Waals surface area (Å²) in [5.41, 5.74) is 9.72. The van der Waals surface area contributed by atoms with Crippen LogP contribution in [0.4, 0.5) is 0 Å². The van der Waals surface area contributed by atoms with Crippen LogP contribution in [0.5, 0.6) is 5.75 Å². The highest BCUT2D eigenvalue weighted by Crippen LogP contribution is 2.40. The van der Waals surface area contributed by atoms with Crippen LogP contribution in [0.15, 0.2) is 12.1 Å². The Morgan fingerprint density at radius 1 is 1.32 bits per heavy atom. The number of nitrogens with zero attached hydrogens (tertiary/aromatic N) is 1. The summed E-state index contributed by atoms with van der Waals surface area (Å²) in [6, 6.07) is 4.51. The summed E-state index contributed by atoms with van der Waals surface area (Å²) < 4.78 is 6.46. The van der Waals surface area contributed by atoms with Crippen LogP contribution in [0, 0.1) is 13.8 Å². The van der Waals surface area contributed by atoms with Gasteiger partial charge in [-0.15, -0.1) is 0 Å². The van der Waals surface area contributed by atoms with Crippen LogP contribution in [0.25, 0.3) is 0 Å². The predicted molar refractivity (Wildman–Crippen MR) is 77.7 cm³/mol. The first kappa shape index (κ1) is 12.9. The molecular weight excluding hydrogens is 236 g/mol. The molecule has 1 spiro atoms. The maximum atomic E-state index is 6.46. The third kappa shape index (κ3) is 2.37. The quantitative estimate of drug-likeness (QED) is 0.884. The van der Waals surface area contributed by atoms with Gasteiger partial charge in [-0.25, -0.2) is 0 Å². The van der Waals surface area contributed by atoms with Gasteiger partial charge in [0, 0.05) is 32.6 Å². The van der Waals surface area contributed by atoms with Gasteiger partial charge < -0.3 is 10.5 Å². The highest BCUT2D eigenvalue weighted by molar-refractivity contribution is 5.45. The van der Waals surface area contributed by atoms with Gasteiger partial charge in [0.1, 0.15) is 11.4 Å². The Labute approximate surface area is 115 Å². The zero-order valence-electron chi connectivity index (χ0n) is 12.0. The molecule has 0 radical (unpaired) electrons. The molecule has 2 aliphatic heterocycles. The second-order valence-corrected chi connectivity index (χ2v) is 6.17. The SMILES string of the molecule is Cc1cc(C)c2c(c1)CCC1(CCN(CCN)C1)O2. The third-order valence-electron chi connectivity index (χ3n) is 4.51. The highest BCUT2D eigenvalue weighted by Gasteiger charge is 2.42. The lowest BCUT2D eigenvalue weighted by Gasteiger charge is -2.36. The van der Waals surface area contributed by atoms with E-state index in [-0.39, 0.29) is 5.60 Å². The summed E-state index contributed by atoms with van der Waals surface area (Å²) in [7, 11) is 0. The van der Waals surface area contributed by atoms with E-state index in [0.717, 1.165) is 51.2 Å². The number of aryl methyl sites for hydroxylation is 3. The normalized spacial score (nSPS) is 26.5. The van der Waals surface area contributed by atoms with Gasteiger partial charge in [0.25, 0.3) is 0 Å². The van der Waals surface area contributed by atoms with Gasteiger partial charge in [-0.2, -0.15) is 0 Å². The van der Waals surface area contributed by atoms with Crippen molar-refractivity contribution < 1.29 is 4.74 Å². The lowest BCUT2D eigenvalue weighted by atomic mass is 9.88. The minimum absolute atomic E-state index is 0.0438. The summed E-state index contributed by atoms with van der Waals surface area (Å²) in [6.45, 7) is 8.22. The van der Waals surface area contributed by atoms with E-state index in [9.17, 15) is 0 Å². The van der Waals surface area contributed by atoms with E-state index in [0.29, 0.717) is 0 Å². The van der Waals surface area contributed by atoms with E-state index >= 15 is 0 Å². The average molecular weight is 260 g/mol. The third-order valence-corrected chi connectivity index (χ3v) is 4.51. The molecule has 1 fully saturated rings. The molecule has 1 aromatic carbocycles. The summed E-state index contributed by atoms with van der Waals surface area (Å²) >= 11 is 0. The molecule has 2 heterocycles. The van der Waals surface area contributed by atoms with Crippen molar-refractivity contribution in [1.82, 2.24) is 4.90 Å². The Bertz CT molecular complexity index is 486. The molecule has 3 heteroatoms. The predicted octanol–water partition coefficient (Wildman–Crippen LogP) is 2.03. The van der Waals surface area contributed by atoms with E-state index in [1.807, 2.05) is 0 Å². The van der Waals surface area contributed by atoms with Crippen molar-refractivity contribution in [3.05, 3.63) is 28.8 Å². The molecule has 1 atom stereocenters. The standard InChI is InChI=1S/C16H24N2O/c1-12-9-13(2)15-14(10-12)3-4-16(19-15)5-7-18(11-16)8-6-17/h9-10H,3-8,11,17H2,1-2H3. The largest absolute Gasteiger partial charge is 0.485 e. The maximum Gasteiger partial charge on any atom is 0.126 e. The first-order valence-corrected chi connectivity index (χ1v) is 7.33. The topological polar surface area (TPSA) is 38.5 Å². The number of hydrogen-bond donors (Lipinski definition) is 1. The zero-order valence-corrected chi connectivity index (χ0v) is 12.0. The van der Waals surface area contributed by atoms with Crippen molar-refractivity contribution >= 4 is 0 Å². The molecule has 0 saturated carbocycles. The lowest BCUT2D eigenvalue weighted by Crippen LogP contribution is -2.43. The van der Waals surface area contributed by atoms with Gasteiger partial charge in [-0.3, -0.25) is 4.90 Å². The van der Waals surface area contributed by atoms with Gasteiger partial charge >= 0.3 is 0 Å².